The van der Waals surface area contributed by atoms with Crippen LogP contribution in [0.2, 0.25) is 0 Å². The van der Waals surface area contributed by atoms with E-state index in [0.717, 1.165) is 9.87 Å². The van der Waals surface area contributed by atoms with Crippen molar-refractivity contribution in [1.29, 1.82) is 0 Å². The minimum absolute atomic E-state index is 0.115. The van der Waals surface area contributed by atoms with Crippen LogP contribution < -0.4 is 19.1 Å². The van der Waals surface area contributed by atoms with Crippen molar-refractivity contribution in [2.75, 3.05) is 25.1 Å². The van der Waals surface area contributed by atoms with E-state index in [1.54, 1.807) is 67.8 Å². The van der Waals surface area contributed by atoms with Gasteiger partial charge < -0.3 is 14.8 Å². The van der Waals surface area contributed by atoms with Gasteiger partial charge in [0, 0.05) is 0 Å². The van der Waals surface area contributed by atoms with Crippen LogP contribution in [0.15, 0.2) is 83.8 Å². The van der Waals surface area contributed by atoms with Crippen LogP contribution in [0.1, 0.15) is 18.5 Å². The highest BCUT2D eigenvalue weighted by molar-refractivity contribution is 7.92. The van der Waals surface area contributed by atoms with Crippen LogP contribution in [0.4, 0.5) is 5.69 Å². The minimum Gasteiger partial charge on any atom is -0.493 e. The lowest BCUT2D eigenvalue weighted by Crippen LogP contribution is -2.41. The molecule has 168 valence electrons. The number of carbonyl (C=O) groups is 1. The van der Waals surface area contributed by atoms with Gasteiger partial charge in [0.1, 0.15) is 6.54 Å². The van der Waals surface area contributed by atoms with E-state index in [2.05, 4.69) is 5.32 Å². The zero-order chi connectivity index (χ0) is 23.1. The number of rotatable bonds is 9. The summed E-state index contributed by atoms with van der Waals surface area (Å²) in [4.78, 5) is 13.0. The standard InChI is InChI=1S/C24H26N2O5S/c1-18(19-14-15-22(30-2)23(16-19)31-3)25-24(27)17-26(20-10-6-4-7-11-20)32(28,29)21-12-8-5-9-13-21/h4-16,18H,17H2,1-3H3,(H,25,27). The lowest BCUT2D eigenvalue weighted by atomic mass is 10.1. The molecule has 3 rings (SSSR count). The quantitative estimate of drug-likeness (QED) is 0.532. The Labute approximate surface area is 188 Å². The Morgan fingerprint density at radius 1 is 0.906 bits per heavy atom. The van der Waals surface area contributed by atoms with Crippen molar-refractivity contribution in [3.8, 4) is 11.5 Å². The molecule has 8 heteroatoms. The second-order valence-corrected chi connectivity index (χ2v) is 8.93. The van der Waals surface area contributed by atoms with Crippen LogP contribution in [0.5, 0.6) is 11.5 Å². The highest BCUT2D eigenvalue weighted by Gasteiger charge is 2.27. The first-order valence-corrected chi connectivity index (χ1v) is 11.4. The van der Waals surface area contributed by atoms with Crippen molar-refractivity contribution in [2.45, 2.75) is 17.9 Å². The smallest absolute Gasteiger partial charge is 0.264 e. The van der Waals surface area contributed by atoms with E-state index < -0.39 is 15.9 Å². The molecule has 0 aliphatic heterocycles. The van der Waals surface area contributed by atoms with Crippen molar-refractivity contribution in [1.82, 2.24) is 5.32 Å². The monoisotopic (exact) mass is 454 g/mol. The van der Waals surface area contributed by atoms with Gasteiger partial charge in [-0.15, -0.1) is 0 Å². The number of amides is 1. The molecule has 7 nitrogen and oxygen atoms in total. The molecule has 0 aliphatic carbocycles. The van der Waals surface area contributed by atoms with Gasteiger partial charge in [-0.2, -0.15) is 0 Å². The third-order valence-corrected chi connectivity index (χ3v) is 6.74. The summed E-state index contributed by atoms with van der Waals surface area (Å²) in [5, 5.41) is 2.87. The SMILES string of the molecule is COc1ccc(C(C)NC(=O)CN(c2ccccc2)S(=O)(=O)c2ccccc2)cc1OC. The number of hydrogen-bond donors (Lipinski definition) is 1. The second-order valence-electron chi connectivity index (χ2n) is 7.06. The van der Waals surface area contributed by atoms with Gasteiger partial charge in [0.05, 0.1) is 30.8 Å². The number of methoxy groups -OCH3 is 2. The van der Waals surface area contributed by atoms with E-state index in [1.807, 2.05) is 13.0 Å². The van der Waals surface area contributed by atoms with Crippen molar-refractivity contribution < 1.29 is 22.7 Å². The number of ether oxygens (including phenoxy) is 2. The van der Waals surface area contributed by atoms with Crippen LogP contribution >= 0.6 is 0 Å². The van der Waals surface area contributed by atoms with E-state index >= 15 is 0 Å². The molecule has 1 unspecified atom stereocenters. The number of sulfonamides is 1. The maximum atomic E-state index is 13.3. The Morgan fingerprint density at radius 3 is 2.09 bits per heavy atom. The van der Waals surface area contributed by atoms with Crippen LogP contribution in [-0.2, 0) is 14.8 Å². The largest absolute Gasteiger partial charge is 0.493 e. The number of nitrogens with zero attached hydrogens (tertiary/aromatic N) is 1. The molecule has 0 fully saturated rings. The summed E-state index contributed by atoms with van der Waals surface area (Å²) in [5.41, 5.74) is 1.21. The fourth-order valence-corrected chi connectivity index (χ4v) is 4.69. The molecule has 32 heavy (non-hydrogen) atoms. The van der Waals surface area contributed by atoms with Gasteiger partial charge in [-0.1, -0.05) is 42.5 Å². The van der Waals surface area contributed by atoms with Gasteiger partial charge in [0.25, 0.3) is 10.0 Å². The summed E-state index contributed by atoms with van der Waals surface area (Å²) >= 11 is 0. The molecule has 0 saturated heterocycles. The summed E-state index contributed by atoms with van der Waals surface area (Å²) in [6.07, 6.45) is 0. The van der Waals surface area contributed by atoms with Crippen LogP contribution in [0, 0.1) is 0 Å². The topological polar surface area (TPSA) is 84.9 Å². The molecule has 3 aromatic carbocycles. The highest BCUT2D eigenvalue weighted by Crippen LogP contribution is 2.30. The summed E-state index contributed by atoms with van der Waals surface area (Å²) in [7, 11) is -0.845. The van der Waals surface area contributed by atoms with Gasteiger partial charge >= 0.3 is 0 Å². The first-order chi connectivity index (χ1) is 15.4. The predicted octanol–water partition coefficient (Wildman–Crippen LogP) is 3.78. The molecule has 0 spiro atoms. The molecule has 0 heterocycles. The second kappa shape index (κ2) is 10.2. The van der Waals surface area contributed by atoms with Gasteiger partial charge in [-0.3, -0.25) is 9.10 Å². The molecule has 1 N–H and O–H groups in total. The molecule has 0 aromatic heterocycles. The molecule has 1 amide bonds. The number of hydrogen-bond acceptors (Lipinski definition) is 5. The summed E-state index contributed by atoms with van der Waals surface area (Å²) in [6.45, 7) is 1.45. The third-order valence-electron chi connectivity index (χ3n) is 4.95. The zero-order valence-corrected chi connectivity index (χ0v) is 19.0. The number of nitrogens with one attached hydrogen (secondary N) is 1. The number of benzene rings is 3. The van der Waals surface area contributed by atoms with Crippen LogP contribution in [0.3, 0.4) is 0 Å². The third kappa shape index (κ3) is 5.20. The predicted molar refractivity (Wildman–Crippen MR) is 124 cm³/mol. The average molecular weight is 455 g/mol. The molecule has 0 bridgehead atoms. The summed E-state index contributed by atoms with van der Waals surface area (Å²) < 4.78 is 38.3. The summed E-state index contributed by atoms with van der Waals surface area (Å²) in [6, 6.07) is 21.6. The van der Waals surface area contributed by atoms with E-state index in [0.29, 0.717) is 17.2 Å². The summed E-state index contributed by atoms with van der Waals surface area (Å²) in [5.74, 6) is 0.693. The first-order valence-electron chi connectivity index (χ1n) is 10.0. The Hall–Kier alpha value is -3.52. The van der Waals surface area contributed by atoms with Crippen molar-refractivity contribution in [2.24, 2.45) is 0 Å². The zero-order valence-electron chi connectivity index (χ0n) is 18.2. The Morgan fingerprint density at radius 2 is 1.50 bits per heavy atom. The van der Waals surface area contributed by atoms with Crippen molar-refractivity contribution in [3.05, 3.63) is 84.4 Å². The molecule has 3 aromatic rings. The molecule has 0 radical (unpaired) electrons. The van der Waals surface area contributed by atoms with E-state index in [-0.39, 0.29) is 17.5 Å². The number of carbonyl (C=O) groups excluding carboxylic acids is 1. The first kappa shape index (κ1) is 23.1. The number of anilines is 1. The highest BCUT2D eigenvalue weighted by atomic mass is 32.2. The van der Waals surface area contributed by atoms with Crippen LogP contribution in [-0.4, -0.2) is 35.1 Å². The molecule has 1 atom stereocenters. The fourth-order valence-electron chi connectivity index (χ4n) is 3.25. The van der Waals surface area contributed by atoms with Crippen molar-refractivity contribution in [3.63, 3.8) is 0 Å². The lowest BCUT2D eigenvalue weighted by Gasteiger charge is -2.25. The van der Waals surface area contributed by atoms with E-state index in [4.69, 9.17) is 9.47 Å². The van der Waals surface area contributed by atoms with Crippen molar-refractivity contribution >= 4 is 21.6 Å². The molecule has 0 aliphatic rings. The van der Waals surface area contributed by atoms with E-state index in [1.165, 1.54) is 19.2 Å². The van der Waals surface area contributed by atoms with Gasteiger partial charge in [0.2, 0.25) is 5.91 Å². The fraction of sp³-hybridized carbons (Fsp3) is 0.208. The van der Waals surface area contributed by atoms with Gasteiger partial charge in [-0.25, -0.2) is 8.42 Å². The maximum Gasteiger partial charge on any atom is 0.264 e. The van der Waals surface area contributed by atoms with Crippen LogP contribution in [0.25, 0.3) is 0 Å². The molecular formula is C24H26N2O5S. The Bertz CT molecular complexity index is 1150. The lowest BCUT2D eigenvalue weighted by molar-refractivity contribution is -0.120. The minimum atomic E-state index is -3.93. The normalized spacial score (nSPS) is 12.0. The molecular weight excluding hydrogens is 428 g/mol. The maximum absolute atomic E-state index is 13.3. The number of para-hydroxylation sites is 1. The Balaban J connectivity index is 1.83. The van der Waals surface area contributed by atoms with Gasteiger partial charge in [0.15, 0.2) is 11.5 Å². The molecule has 0 saturated carbocycles. The van der Waals surface area contributed by atoms with Gasteiger partial charge in [-0.05, 0) is 48.9 Å². The Kier molecular flexibility index (Phi) is 7.37. The van der Waals surface area contributed by atoms with E-state index in [9.17, 15) is 13.2 Å². The average Bonchev–Trinajstić information content (AvgIpc) is 2.83.